The fraction of sp³-hybridized carbons (Fsp3) is 0.909. The van der Waals surface area contributed by atoms with Gasteiger partial charge in [0.15, 0.2) is 0 Å². The summed E-state index contributed by atoms with van der Waals surface area (Å²) in [7, 11) is -3.62. The number of nitrogens with zero attached hydrogens (tertiary/aromatic N) is 2. The molecule has 0 bridgehead atoms. The summed E-state index contributed by atoms with van der Waals surface area (Å²) in [4.78, 5) is 13.8. The Morgan fingerprint density at radius 2 is 1.80 bits per heavy atom. The van der Waals surface area contributed by atoms with Crippen LogP contribution in [0.15, 0.2) is 0 Å². The van der Waals surface area contributed by atoms with Gasteiger partial charge >= 0.3 is 0 Å². The van der Waals surface area contributed by atoms with Crippen LogP contribution in [0.5, 0.6) is 0 Å². The van der Waals surface area contributed by atoms with E-state index in [1.807, 2.05) is 0 Å². The molecule has 9 heteroatoms. The molecule has 0 unspecified atom stereocenters. The first-order valence-electron chi connectivity index (χ1n) is 6.85. The van der Waals surface area contributed by atoms with Crippen molar-refractivity contribution in [2.75, 3.05) is 45.0 Å². The lowest BCUT2D eigenvalue weighted by atomic mass is 10.2. The molecule has 0 saturated carbocycles. The van der Waals surface area contributed by atoms with Crippen molar-refractivity contribution in [3.8, 4) is 0 Å². The van der Waals surface area contributed by atoms with E-state index in [1.165, 1.54) is 4.31 Å². The maximum atomic E-state index is 12.1. The molecule has 2 saturated heterocycles. The van der Waals surface area contributed by atoms with Gasteiger partial charge in [0.05, 0.1) is 5.75 Å². The van der Waals surface area contributed by atoms with Crippen LogP contribution in [0.1, 0.15) is 12.8 Å². The van der Waals surface area contributed by atoms with Gasteiger partial charge in [-0.1, -0.05) is 0 Å². The van der Waals surface area contributed by atoms with Crippen molar-refractivity contribution in [2.24, 2.45) is 5.14 Å². The van der Waals surface area contributed by atoms with Crippen LogP contribution in [0.25, 0.3) is 0 Å². The van der Waals surface area contributed by atoms with Gasteiger partial charge in [-0.05, 0) is 25.9 Å². The number of rotatable bonds is 4. The monoisotopic (exact) mass is 322 g/mol. The molecule has 2 fully saturated rings. The van der Waals surface area contributed by atoms with Crippen LogP contribution in [-0.4, -0.2) is 73.8 Å². The third-order valence-electron chi connectivity index (χ3n) is 3.68. The summed E-state index contributed by atoms with van der Waals surface area (Å²) in [6.07, 6.45) is 2.22. The van der Waals surface area contributed by atoms with Crippen LogP contribution in [0.2, 0.25) is 0 Å². The van der Waals surface area contributed by atoms with Crippen molar-refractivity contribution in [3.05, 3.63) is 0 Å². The summed E-state index contributed by atoms with van der Waals surface area (Å²) in [5, 5.41) is 8.94. The van der Waals surface area contributed by atoms with E-state index in [0.29, 0.717) is 37.2 Å². The fourth-order valence-corrected chi connectivity index (χ4v) is 4.24. The van der Waals surface area contributed by atoms with Gasteiger partial charge in [0.1, 0.15) is 0 Å². The van der Waals surface area contributed by atoms with E-state index in [-0.39, 0.29) is 5.91 Å². The van der Waals surface area contributed by atoms with Crippen LogP contribution in [0.4, 0.5) is 0 Å². The normalized spacial score (nSPS) is 22.9. The molecule has 3 N–H and O–H groups in total. The van der Waals surface area contributed by atoms with Gasteiger partial charge in [-0.2, -0.15) is 12.7 Å². The molecule has 2 rings (SSSR count). The van der Waals surface area contributed by atoms with Crippen LogP contribution in [-0.2, 0) is 15.0 Å². The van der Waals surface area contributed by atoms with Crippen LogP contribution in [0, 0.1) is 0 Å². The molecule has 116 valence electrons. The van der Waals surface area contributed by atoms with E-state index >= 15 is 0 Å². The van der Waals surface area contributed by atoms with Crippen molar-refractivity contribution in [1.82, 2.24) is 14.5 Å². The molecular weight excluding hydrogens is 300 g/mol. The van der Waals surface area contributed by atoms with E-state index in [1.54, 1.807) is 16.7 Å². The summed E-state index contributed by atoms with van der Waals surface area (Å²) in [6.45, 7) is 3.51. The highest BCUT2D eigenvalue weighted by Crippen LogP contribution is 2.20. The van der Waals surface area contributed by atoms with Crippen molar-refractivity contribution in [1.29, 1.82) is 0 Å². The number of hydrogen-bond acceptors (Lipinski definition) is 5. The smallest absolute Gasteiger partial charge is 0.277 e. The van der Waals surface area contributed by atoms with Crippen LogP contribution in [0.3, 0.4) is 0 Å². The molecule has 20 heavy (non-hydrogen) atoms. The van der Waals surface area contributed by atoms with Crippen LogP contribution >= 0.6 is 11.8 Å². The zero-order valence-corrected chi connectivity index (χ0v) is 13.1. The molecule has 0 aromatic heterocycles. The summed E-state index contributed by atoms with van der Waals surface area (Å²) >= 11 is 1.72. The summed E-state index contributed by atoms with van der Waals surface area (Å²) in [5.41, 5.74) is 0. The topological polar surface area (TPSA) is 95.7 Å². The number of nitrogens with two attached hydrogens (primary N) is 1. The maximum Gasteiger partial charge on any atom is 0.277 e. The molecule has 0 atom stereocenters. The van der Waals surface area contributed by atoms with Gasteiger partial charge in [0.2, 0.25) is 5.91 Å². The Morgan fingerprint density at radius 3 is 2.35 bits per heavy atom. The standard InChI is InChI=1S/C11H22N4O3S2/c12-20(17,18)15-7-5-14(6-8-15)11(16)9-19-10-1-3-13-4-2-10/h10,13H,1-9H2,(H2,12,17,18). The first-order valence-corrected chi connectivity index (χ1v) is 9.40. The second kappa shape index (κ2) is 7.08. The fourth-order valence-electron chi connectivity index (χ4n) is 2.43. The van der Waals surface area contributed by atoms with Crippen molar-refractivity contribution in [2.45, 2.75) is 18.1 Å². The minimum atomic E-state index is -3.62. The molecule has 7 nitrogen and oxygen atoms in total. The SMILES string of the molecule is NS(=O)(=O)N1CCN(C(=O)CSC2CCNCC2)CC1. The number of piperidine rings is 1. The van der Waals surface area contributed by atoms with E-state index in [0.717, 1.165) is 25.9 Å². The van der Waals surface area contributed by atoms with E-state index in [4.69, 9.17) is 5.14 Å². The van der Waals surface area contributed by atoms with Crippen molar-refractivity contribution >= 4 is 27.9 Å². The summed E-state index contributed by atoms with van der Waals surface area (Å²) in [6, 6.07) is 0. The number of hydrogen-bond donors (Lipinski definition) is 2. The van der Waals surface area contributed by atoms with E-state index in [2.05, 4.69) is 5.32 Å². The average Bonchev–Trinajstić information content (AvgIpc) is 2.45. The molecule has 1 amide bonds. The molecule has 0 aliphatic carbocycles. The largest absolute Gasteiger partial charge is 0.339 e. The van der Waals surface area contributed by atoms with Gasteiger partial charge in [-0.3, -0.25) is 4.79 Å². The molecule has 0 aromatic rings. The summed E-state index contributed by atoms with van der Waals surface area (Å²) in [5.74, 6) is 0.586. The first kappa shape index (κ1) is 16.0. The molecule has 0 spiro atoms. The van der Waals surface area contributed by atoms with Gasteiger partial charge in [0.25, 0.3) is 10.2 Å². The zero-order valence-electron chi connectivity index (χ0n) is 11.5. The first-order chi connectivity index (χ1) is 9.47. The highest BCUT2D eigenvalue weighted by molar-refractivity contribution is 8.00. The van der Waals surface area contributed by atoms with E-state index < -0.39 is 10.2 Å². The third-order valence-corrected chi connectivity index (χ3v) is 6.12. The number of amides is 1. The number of thioether (sulfide) groups is 1. The van der Waals surface area contributed by atoms with Crippen LogP contribution < -0.4 is 10.5 Å². The number of nitrogens with one attached hydrogen (secondary N) is 1. The van der Waals surface area contributed by atoms with Gasteiger partial charge < -0.3 is 10.2 Å². The number of carbonyl (C=O) groups is 1. The number of carbonyl (C=O) groups excluding carboxylic acids is 1. The molecule has 2 aliphatic rings. The Bertz CT molecular complexity index is 429. The highest BCUT2D eigenvalue weighted by atomic mass is 32.2. The Balaban J connectivity index is 1.71. The van der Waals surface area contributed by atoms with E-state index in [9.17, 15) is 13.2 Å². The molecular formula is C11H22N4O3S2. The molecule has 0 radical (unpaired) electrons. The van der Waals surface area contributed by atoms with Gasteiger partial charge in [-0.25, -0.2) is 5.14 Å². The third kappa shape index (κ3) is 4.59. The second-order valence-corrected chi connectivity index (χ2v) is 7.92. The predicted molar refractivity (Wildman–Crippen MR) is 79.6 cm³/mol. The maximum absolute atomic E-state index is 12.1. The molecule has 2 heterocycles. The Labute approximate surface area is 124 Å². The second-order valence-electron chi connectivity index (χ2n) is 5.09. The van der Waals surface area contributed by atoms with Crippen molar-refractivity contribution < 1.29 is 13.2 Å². The Hall–Kier alpha value is -0.350. The lowest BCUT2D eigenvalue weighted by Crippen LogP contribution is -2.52. The van der Waals surface area contributed by atoms with Gasteiger partial charge in [0, 0.05) is 31.4 Å². The minimum absolute atomic E-state index is 0.0996. The predicted octanol–water partition coefficient (Wildman–Crippen LogP) is -1.18. The zero-order chi connectivity index (χ0) is 14.6. The number of piperazine rings is 1. The molecule has 0 aromatic carbocycles. The Morgan fingerprint density at radius 1 is 1.20 bits per heavy atom. The lowest BCUT2D eigenvalue weighted by molar-refractivity contribution is -0.129. The van der Waals surface area contributed by atoms with Gasteiger partial charge in [-0.15, -0.1) is 11.8 Å². The lowest BCUT2D eigenvalue weighted by Gasteiger charge is -2.33. The average molecular weight is 322 g/mol. The highest BCUT2D eigenvalue weighted by Gasteiger charge is 2.26. The van der Waals surface area contributed by atoms with Crippen molar-refractivity contribution in [3.63, 3.8) is 0 Å². The molecule has 2 aliphatic heterocycles. The quantitative estimate of drug-likeness (QED) is 0.679. The Kier molecular flexibility index (Phi) is 5.67. The summed E-state index contributed by atoms with van der Waals surface area (Å²) < 4.78 is 23.6. The minimum Gasteiger partial charge on any atom is -0.339 e.